The van der Waals surface area contributed by atoms with E-state index in [9.17, 15) is 9.59 Å². The molecule has 0 spiro atoms. The summed E-state index contributed by atoms with van der Waals surface area (Å²) < 4.78 is 4.70. The van der Waals surface area contributed by atoms with Gasteiger partial charge in [-0.15, -0.1) is 10.2 Å². The van der Waals surface area contributed by atoms with Crippen molar-refractivity contribution in [2.45, 2.75) is 6.54 Å². The Morgan fingerprint density at radius 1 is 1.04 bits per heavy atom. The number of halogens is 1. The molecule has 1 heterocycles. The Morgan fingerprint density at radius 2 is 1.82 bits per heavy atom. The van der Waals surface area contributed by atoms with Gasteiger partial charge in [-0.3, -0.25) is 4.79 Å². The number of nitrogens with one attached hydrogen (secondary N) is 2. The molecule has 0 aliphatic rings. The van der Waals surface area contributed by atoms with Gasteiger partial charge in [0.2, 0.25) is 0 Å². The molecule has 0 fully saturated rings. The summed E-state index contributed by atoms with van der Waals surface area (Å²) in [5, 5.41) is 14.4. The second-order valence-electron chi connectivity index (χ2n) is 5.81. The highest BCUT2D eigenvalue weighted by Crippen LogP contribution is 2.16. The van der Waals surface area contributed by atoms with Crippen LogP contribution in [-0.4, -0.2) is 29.2 Å². The minimum absolute atomic E-state index is 0.197. The van der Waals surface area contributed by atoms with Crippen LogP contribution in [0.15, 0.2) is 60.7 Å². The number of carbonyl (C=O) groups excluding carboxylic acids is 2. The zero-order chi connectivity index (χ0) is 19.9. The number of hydrogen-bond donors (Lipinski definition) is 2. The third kappa shape index (κ3) is 5.05. The lowest BCUT2D eigenvalue weighted by molar-refractivity contribution is 0.0600. The molecule has 2 N–H and O–H groups in total. The second-order valence-corrected chi connectivity index (χ2v) is 6.25. The van der Waals surface area contributed by atoms with Crippen LogP contribution in [0.25, 0.3) is 0 Å². The molecule has 0 atom stereocenters. The van der Waals surface area contributed by atoms with Crippen molar-refractivity contribution < 1.29 is 14.3 Å². The summed E-state index contributed by atoms with van der Waals surface area (Å²) in [7, 11) is 1.32. The van der Waals surface area contributed by atoms with Crippen LogP contribution >= 0.6 is 11.6 Å². The molecule has 3 rings (SSSR count). The van der Waals surface area contributed by atoms with Gasteiger partial charge in [0.15, 0.2) is 11.5 Å². The number of rotatable bonds is 6. The number of nitrogens with zero attached hydrogens (tertiary/aromatic N) is 2. The van der Waals surface area contributed by atoms with Crippen LogP contribution in [0.3, 0.4) is 0 Å². The third-order valence-corrected chi connectivity index (χ3v) is 4.07. The minimum atomic E-state index is -0.428. The number of aromatic nitrogens is 2. The molecule has 7 nitrogen and oxygen atoms in total. The number of hydrogen-bond acceptors (Lipinski definition) is 6. The van der Waals surface area contributed by atoms with Crippen LogP contribution in [0.4, 0.5) is 11.5 Å². The lowest BCUT2D eigenvalue weighted by Gasteiger charge is -2.08. The highest BCUT2D eigenvalue weighted by molar-refractivity contribution is 6.30. The molecule has 3 aromatic rings. The molecule has 142 valence electrons. The van der Waals surface area contributed by atoms with Gasteiger partial charge < -0.3 is 15.4 Å². The molecular weight excluding hydrogens is 380 g/mol. The number of methoxy groups -OCH3 is 1. The van der Waals surface area contributed by atoms with Crippen LogP contribution in [0.5, 0.6) is 0 Å². The summed E-state index contributed by atoms with van der Waals surface area (Å²) in [6.45, 7) is 0.359. The summed E-state index contributed by atoms with van der Waals surface area (Å²) in [6, 6.07) is 17.2. The van der Waals surface area contributed by atoms with Crippen molar-refractivity contribution in [3.63, 3.8) is 0 Å². The summed E-state index contributed by atoms with van der Waals surface area (Å²) in [5.74, 6) is -0.319. The first-order chi connectivity index (χ1) is 13.5. The minimum Gasteiger partial charge on any atom is -0.465 e. The van der Waals surface area contributed by atoms with Gasteiger partial charge in [-0.2, -0.15) is 0 Å². The average Bonchev–Trinajstić information content (AvgIpc) is 2.73. The molecule has 0 unspecified atom stereocenters. The normalized spacial score (nSPS) is 10.2. The maximum atomic E-state index is 12.2. The van der Waals surface area contributed by atoms with Gasteiger partial charge in [0, 0.05) is 17.3 Å². The van der Waals surface area contributed by atoms with Crippen molar-refractivity contribution in [1.29, 1.82) is 0 Å². The lowest BCUT2D eigenvalue weighted by atomic mass is 10.2. The molecule has 1 amide bonds. The smallest absolute Gasteiger partial charge is 0.337 e. The number of anilines is 2. The fourth-order valence-corrected chi connectivity index (χ4v) is 2.51. The maximum absolute atomic E-state index is 12.2. The second kappa shape index (κ2) is 8.96. The number of ether oxygens (including phenoxy) is 1. The van der Waals surface area contributed by atoms with E-state index in [4.69, 9.17) is 16.3 Å². The fraction of sp³-hybridized carbons (Fsp3) is 0.100. The molecule has 0 radical (unpaired) electrons. The Labute approximate surface area is 166 Å². The fourth-order valence-electron chi connectivity index (χ4n) is 2.38. The number of benzene rings is 2. The van der Waals surface area contributed by atoms with Gasteiger partial charge in [-0.05, 0) is 48.0 Å². The summed E-state index contributed by atoms with van der Waals surface area (Å²) >= 11 is 5.84. The Balaban J connectivity index is 1.60. The first kappa shape index (κ1) is 19.3. The van der Waals surface area contributed by atoms with Crippen molar-refractivity contribution in [1.82, 2.24) is 15.5 Å². The van der Waals surface area contributed by atoms with Crippen LogP contribution in [-0.2, 0) is 11.3 Å². The van der Waals surface area contributed by atoms with E-state index in [1.54, 1.807) is 48.5 Å². The van der Waals surface area contributed by atoms with Crippen molar-refractivity contribution in [3.05, 3.63) is 82.5 Å². The van der Waals surface area contributed by atoms with Crippen LogP contribution in [0, 0.1) is 0 Å². The van der Waals surface area contributed by atoms with E-state index in [0.29, 0.717) is 28.6 Å². The molecule has 28 heavy (non-hydrogen) atoms. The van der Waals surface area contributed by atoms with Gasteiger partial charge in [0.25, 0.3) is 5.91 Å². The molecule has 1 aromatic heterocycles. The van der Waals surface area contributed by atoms with Crippen molar-refractivity contribution in [3.8, 4) is 0 Å². The molecule has 0 aliphatic carbocycles. The van der Waals surface area contributed by atoms with Crippen molar-refractivity contribution in [2.75, 3.05) is 12.4 Å². The van der Waals surface area contributed by atoms with Gasteiger partial charge in [0.1, 0.15) is 0 Å². The van der Waals surface area contributed by atoms with E-state index < -0.39 is 5.97 Å². The number of carbonyl (C=O) groups is 2. The van der Waals surface area contributed by atoms with E-state index in [2.05, 4.69) is 20.8 Å². The number of amides is 1. The van der Waals surface area contributed by atoms with E-state index in [0.717, 1.165) is 5.56 Å². The highest BCUT2D eigenvalue weighted by Gasteiger charge is 2.09. The zero-order valence-corrected chi connectivity index (χ0v) is 15.7. The van der Waals surface area contributed by atoms with E-state index in [-0.39, 0.29) is 11.6 Å². The van der Waals surface area contributed by atoms with Crippen molar-refractivity contribution in [2.24, 2.45) is 0 Å². The standard InChI is InChI=1S/C20H17ClN4O3/c1-28-20(27)14-3-2-4-16(11-14)23-18-10-9-17(24-25-18)19(26)22-12-13-5-7-15(21)8-6-13/h2-11H,12H2,1H3,(H,22,26)(H,23,25). The van der Waals surface area contributed by atoms with Gasteiger partial charge in [-0.25, -0.2) is 4.79 Å². The Hall–Kier alpha value is -3.45. The van der Waals surface area contributed by atoms with Gasteiger partial charge in [0.05, 0.1) is 12.7 Å². The largest absolute Gasteiger partial charge is 0.465 e. The Kier molecular flexibility index (Phi) is 6.18. The lowest BCUT2D eigenvalue weighted by Crippen LogP contribution is -2.24. The summed E-state index contributed by atoms with van der Waals surface area (Å²) in [6.07, 6.45) is 0. The molecular formula is C20H17ClN4O3. The monoisotopic (exact) mass is 396 g/mol. The van der Waals surface area contributed by atoms with Crippen LogP contribution in [0.2, 0.25) is 5.02 Å². The quantitative estimate of drug-likeness (QED) is 0.618. The molecule has 0 aliphatic heterocycles. The van der Waals surface area contributed by atoms with E-state index in [1.165, 1.54) is 7.11 Å². The molecule has 8 heteroatoms. The van der Waals surface area contributed by atoms with E-state index >= 15 is 0 Å². The highest BCUT2D eigenvalue weighted by atomic mass is 35.5. The molecule has 0 saturated heterocycles. The van der Waals surface area contributed by atoms with Crippen LogP contribution in [0.1, 0.15) is 26.4 Å². The van der Waals surface area contributed by atoms with Gasteiger partial charge >= 0.3 is 5.97 Å². The summed E-state index contributed by atoms with van der Waals surface area (Å²) in [4.78, 5) is 23.8. The predicted molar refractivity (Wildman–Crippen MR) is 106 cm³/mol. The zero-order valence-electron chi connectivity index (χ0n) is 15.0. The van der Waals surface area contributed by atoms with E-state index in [1.807, 2.05) is 12.1 Å². The SMILES string of the molecule is COC(=O)c1cccc(Nc2ccc(C(=O)NCc3ccc(Cl)cc3)nn2)c1. The Morgan fingerprint density at radius 3 is 2.50 bits per heavy atom. The first-order valence-corrected chi connectivity index (χ1v) is 8.75. The third-order valence-electron chi connectivity index (χ3n) is 3.82. The van der Waals surface area contributed by atoms with Gasteiger partial charge in [-0.1, -0.05) is 29.8 Å². The topological polar surface area (TPSA) is 93.2 Å². The predicted octanol–water partition coefficient (Wildman–Crippen LogP) is 3.59. The molecule has 2 aromatic carbocycles. The molecule has 0 bridgehead atoms. The summed E-state index contributed by atoms with van der Waals surface area (Å²) in [5.41, 5.74) is 2.19. The number of esters is 1. The Bertz CT molecular complexity index is 976. The molecule has 0 saturated carbocycles. The maximum Gasteiger partial charge on any atom is 0.337 e. The van der Waals surface area contributed by atoms with Crippen molar-refractivity contribution >= 4 is 35.0 Å². The first-order valence-electron chi connectivity index (χ1n) is 8.37. The van der Waals surface area contributed by atoms with Crippen LogP contribution < -0.4 is 10.6 Å². The average molecular weight is 397 g/mol.